The minimum Gasteiger partial charge on any atom is -0.465 e. The third kappa shape index (κ3) is 3.63. The van der Waals surface area contributed by atoms with Gasteiger partial charge in [-0.05, 0) is 38.2 Å². The van der Waals surface area contributed by atoms with Crippen LogP contribution >= 0.6 is 11.3 Å². The van der Waals surface area contributed by atoms with Crippen LogP contribution in [-0.2, 0) is 35.5 Å². The summed E-state index contributed by atoms with van der Waals surface area (Å²) in [6, 6.07) is 8.72. The Kier molecular flexibility index (Phi) is 5.67. The van der Waals surface area contributed by atoms with Gasteiger partial charge in [-0.1, -0.05) is 30.3 Å². The van der Waals surface area contributed by atoms with Crippen LogP contribution in [-0.4, -0.2) is 27.5 Å². The molecule has 30 heavy (non-hydrogen) atoms. The number of ketones is 1. The molecule has 0 saturated carbocycles. The second-order valence-corrected chi connectivity index (χ2v) is 8.33. The number of Topliss-reactive ketones (excluding diaryl/α,β-unsaturated/α-hetero) is 1. The molecule has 3 aromatic rings. The predicted molar refractivity (Wildman–Crippen MR) is 114 cm³/mol. The lowest BCUT2D eigenvalue weighted by Gasteiger charge is -2.13. The summed E-state index contributed by atoms with van der Waals surface area (Å²) in [5, 5.41) is 0.458. The molecular weight excluding hydrogens is 404 g/mol. The molecule has 0 N–H and O–H groups in total. The largest absolute Gasteiger partial charge is 0.465 e. The highest BCUT2D eigenvalue weighted by molar-refractivity contribution is 7.18. The van der Waals surface area contributed by atoms with E-state index in [1.165, 1.54) is 15.9 Å². The van der Waals surface area contributed by atoms with E-state index in [0.717, 1.165) is 40.7 Å². The molecule has 0 unspecified atom stereocenters. The van der Waals surface area contributed by atoms with E-state index in [1.807, 2.05) is 6.07 Å². The third-order valence-corrected chi connectivity index (χ3v) is 6.62. The van der Waals surface area contributed by atoms with Gasteiger partial charge in [0.25, 0.3) is 5.56 Å². The van der Waals surface area contributed by atoms with E-state index in [9.17, 15) is 19.2 Å². The molecule has 0 fully saturated rings. The maximum atomic E-state index is 13.2. The van der Waals surface area contributed by atoms with Gasteiger partial charge in [0.15, 0.2) is 5.78 Å². The molecule has 0 saturated heterocycles. The summed E-state index contributed by atoms with van der Waals surface area (Å²) in [6.07, 6.45) is 3.61. The Hall–Kier alpha value is -3.00. The van der Waals surface area contributed by atoms with Crippen LogP contribution in [0.1, 0.15) is 40.6 Å². The zero-order valence-electron chi connectivity index (χ0n) is 16.7. The average Bonchev–Trinajstić information content (AvgIpc) is 3.14. The van der Waals surface area contributed by atoms with Gasteiger partial charge in [-0.15, -0.1) is 11.3 Å². The molecule has 0 bridgehead atoms. The van der Waals surface area contributed by atoms with Gasteiger partial charge in [0.05, 0.1) is 18.5 Å². The van der Waals surface area contributed by atoms with Crippen molar-refractivity contribution < 1.29 is 14.3 Å². The number of esters is 1. The number of rotatable bonds is 6. The van der Waals surface area contributed by atoms with Crippen molar-refractivity contribution in [2.24, 2.45) is 0 Å². The van der Waals surface area contributed by atoms with E-state index >= 15 is 0 Å². The van der Waals surface area contributed by atoms with Crippen LogP contribution in [0, 0.1) is 0 Å². The van der Waals surface area contributed by atoms with E-state index in [-0.39, 0.29) is 18.9 Å². The zero-order chi connectivity index (χ0) is 21.3. The molecule has 156 valence electrons. The van der Waals surface area contributed by atoms with E-state index in [2.05, 4.69) is 0 Å². The molecule has 7 nitrogen and oxygen atoms in total. The first kappa shape index (κ1) is 20.3. The number of hydrogen-bond donors (Lipinski definition) is 0. The van der Waals surface area contributed by atoms with Crippen molar-refractivity contribution >= 4 is 33.3 Å². The van der Waals surface area contributed by atoms with E-state index < -0.39 is 23.8 Å². The van der Waals surface area contributed by atoms with Gasteiger partial charge >= 0.3 is 11.7 Å². The number of nitrogens with zero attached hydrogens (tertiary/aromatic N) is 2. The first-order chi connectivity index (χ1) is 14.5. The fourth-order valence-corrected chi connectivity index (χ4v) is 5.26. The Morgan fingerprint density at radius 3 is 2.50 bits per heavy atom. The Balaban J connectivity index is 1.90. The monoisotopic (exact) mass is 426 g/mol. The summed E-state index contributed by atoms with van der Waals surface area (Å²) < 4.78 is 7.19. The lowest BCUT2D eigenvalue weighted by molar-refractivity contribution is -0.143. The maximum absolute atomic E-state index is 13.2. The Morgan fingerprint density at radius 1 is 1.03 bits per heavy atom. The topological polar surface area (TPSA) is 87.4 Å². The molecule has 0 spiro atoms. The van der Waals surface area contributed by atoms with E-state index in [1.54, 1.807) is 31.2 Å². The van der Waals surface area contributed by atoms with Crippen LogP contribution in [0.15, 0.2) is 39.9 Å². The van der Waals surface area contributed by atoms with Crippen LogP contribution in [0.25, 0.3) is 10.2 Å². The van der Waals surface area contributed by atoms with Crippen molar-refractivity contribution in [3.05, 3.63) is 67.2 Å². The molecule has 0 aliphatic heterocycles. The molecule has 4 rings (SSSR count). The fourth-order valence-electron chi connectivity index (χ4n) is 3.89. The van der Waals surface area contributed by atoms with Crippen molar-refractivity contribution in [2.75, 3.05) is 6.61 Å². The fraction of sp³-hybridized carbons (Fsp3) is 0.364. The number of benzene rings is 1. The number of aryl methyl sites for hydroxylation is 2. The number of thiophene rings is 1. The summed E-state index contributed by atoms with van der Waals surface area (Å²) in [5.41, 5.74) is 0.293. The highest BCUT2D eigenvalue weighted by Gasteiger charge is 2.25. The molecular formula is C22H22N2O5S. The first-order valence-corrected chi connectivity index (χ1v) is 10.8. The highest BCUT2D eigenvalue weighted by atomic mass is 32.1. The molecule has 1 aromatic carbocycles. The molecule has 1 aliphatic rings. The van der Waals surface area contributed by atoms with Crippen LogP contribution < -0.4 is 11.2 Å². The Bertz CT molecular complexity index is 1240. The predicted octanol–water partition coefficient (Wildman–Crippen LogP) is 2.55. The number of aromatic nitrogens is 2. The number of hydrogen-bond acceptors (Lipinski definition) is 6. The number of fused-ring (bicyclic) bond motifs is 3. The first-order valence-electron chi connectivity index (χ1n) is 10.0. The van der Waals surface area contributed by atoms with E-state index in [4.69, 9.17) is 4.74 Å². The van der Waals surface area contributed by atoms with Crippen molar-refractivity contribution in [2.45, 2.75) is 45.7 Å². The smallest absolute Gasteiger partial charge is 0.333 e. The average molecular weight is 426 g/mol. The summed E-state index contributed by atoms with van der Waals surface area (Å²) in [7, 11) is 0. The molecule has 0 atom stereocenters. The van der Waals surface area contributed by atoms with Crippen molar-refractivity contribution in [3.8, 4) is 0 Å². The molecule has 0 radical (unpaired) electrons. The second-order valence-electron chi connectivity index (χ2n) is 7.25. The Labute approximate surface area is 176 Å². The van der Waals surface area contributed by atoms with Gasteiger partial charge in [-0.25, -0.2) is 9.36 Å². The van der Waals surface area contributed by atoms with Crippen LogP contribution in [0.4, 0.5) is 0 Å². The lowest BCUT2D eigenvalue weighted by atomic mass is 9.97. The van der Waals surface area contributed by atoms with Crippen LogP contribution in [0.2, 0.25) is 0 Å². The second kappa shape index (κ2) is 8.39. The summed E-state index contributed by atoms with van der Waals surface area (Å²) in [4.78, 5) is 52.9. The quantitative estimate of drug-likeness (QED) is 0.447. The Morgan fingerprint density at radius 2 is 1.77 bits per heavy atom. The number of ether oxygens (including phenoxy) is 1. The lowest BCUT2D eigenvalue weighted by Crippen LogP contribution is -2.42. The molecule has 1 aliphatic carbocycles. The van der Waals surface area contributed by atoms with Crippen molar-refractivity contribution in [3.63, 3.8) is 0 Å². The number of carbonyl (C=O) groups is 2. The van der Waals surface area contributed by atoms with Crippen molar-refractivity contribution in [1.29, 1.82) is 0 Å². The summed E-state index contributed by atoms with van der Waals surface area (Å²) in [5.74, 6) is -0.882. The van der Waals surface area contributed by atoms with Gasteiger partial charge in [-0.3, -0.25) is 19.0 Å². The van der Waals surface area contributed by atoms with Crippen LogP contribution in [0.3, 0.4) is 0 Å². The van der Waals surface area contributed by atoms with Gasteiger partial charge in [-0.2, -0.15) is 0 Å². The maximum Gasteiger partial charge on any atom is 0.333 e. The van der Waals surface area contributed by atoms with Gasteiger partial charge in [0, 0.05) is 10.4 Å². The highest BCUT2D eigenvalue weighted by Crippen LogP contribution is 2.34. The summed E-state index contributed by atoms with van der Waals surface area (Å²) in [6.45, 7) is 1.16. The molecule has 0 amide bonds. The minimum absolute atomic E-state index is 0.157. The van der Waals surface area contributed by atoms with E-state index in [0.29, 0.717) is 15.8 Å². The normalized spacial score (nSPS) is 13.2. The van der Waals surface area contributed by atoms with Gasteiger partial charge < -0.3 is 4.74 Å². The zero-order valence-corrected chi connectivity index (χ0v) is 17.5. The van der Waals surface area contributed by atoms with Gasteiger partial charge in [0.1, 0.15) is 11.4 Å². The number of carbonyl (C=O) groups excluding carboxylic acids is 2. The SMILES string of the molecule is CCOC(=O)Cn1c(=O)c2c3c(sc2n(CC(=O)c2ccccc2)c1=O)CCCC3. The van der Waals surface area contributed by atoms with Gasteiger partial charge in [0.2, 0.25) is 0 Å². The molecule has 2 heterocycles. The molecule has 2 aromatic heterocycles. The third-order valence-electron chi connectivity index (χ3n) is 5.31. The summed E-state index contributed by atoms with van der Waals surface area (Å²) >= 11 is 1.41. The van der Waals surface area contributed by atoms with Crippen LogP contribution in [0.5, 0.6) is 0 Å². The standard InChI is InChI=1S/C22H22N2O5S/c1-2-29-18(26)13-23-20(27)19-15-10-6-7-11-17(15)30-21(19)24(22(23)28)12-16(25)14-8-4-3-5-9-14/h3-5,8-9H,2,6-7,10-13H2,1H3. The molecule has 8 heteroatoms. The minimum atomic E-state index is -0.663. The van der Waals surface area contributed by atoms with Crippen molar-refractivity contribution in [1.82, 2.24) is 9.13 Å².